The van der Waals surface area contributed by atoms with Crippen LogP contribution in [0.1, 0.15) is 23.6 Å². The first-order chi connectivity index (χ1) is 12.8. The van der Waals surface area contributed by atoms with Gasteiger partial charge in [-0.15, -0.1) is 0 Å². The Morgan fingerprint density at radius 2 is 1.81 bits per heavy atom. The Morgan fingerprint density at radius 3 is 2.41 bits per heavy atom. The van der Waals surface area contributed by atoms with E-state index >= 15 is 0 Å². The van der Waals surface area contributed by atoms with E-state index < -0.39 is 23.8 Å². The summed E-state index contributed by atoms with van der Waals surface area (Å²) in [6, 6.07) is 12.8. The summed E-state index contributed by atoms with van der Waals surface area (Å²) in [5.41, 5.74) is -0.0719. The van der Waals surface area contributed by atoms with Crippen molar-refractivity contribution >= 4 is 5.97 Å². The Labute approximate surface area is 155 Å². The van der Waals surface area contributed by atoms with Gasteiger partial charge in [0.15, 0.2) is 6.10 Å². The fourth-order valence-corrected chi connectivity index (χ4v) is 2.57. The normalized spacial score (nSPS) is 12.5. The molecule has 0 N–H and O–H groups in total. The molecule has 0 aliphatic rings. The predicted molar refractivity (Wildman–Crippen MR) is 93.4 cm³/mol. The minimum absolute atomic E-state index is 0.0570. The number of carbonyl (C=O) groups is 1. The van der Waals surface area contributed by atoms with Crippen LogP contribution in [0, 0.1) is 0 Å². The lowest BCUT2D eigenvalue weighted by Gasteiger charge is -2.19. The summed E-state index contributed by atoms with van der Waals surface area (Å²) >= 11 is 0. The van der Waals surface area contributed by atoms with E-state index in [1.54, 1.807) is 6.92 Å². The van der Waals surface area contributed by atoms with Crippen molar-refractivity contribution in [3.05, 3.63) is 65.2 Å². The third kappa shape index (κ3) is 5.99. The SMILES string of the molecule is CCOC(Cc1ccc(OCc2ccccc2)cc1C(F)(F)F)C(=O)OC. The van der Waals surface area contributed by atoms with E-state index in [4.69, 9.17) is 9.47 Å². The monoisotopic (exact) mass is 382 g/mol. The van der Waals surface area contributed by atoms with Crippen molar-refractivity contribution in [2.45, 2.75) is 32.2 Å². The van der Waals surface area contributed by atoms with E-state index in [0.29, 0.717) is 0 Å². The van der Waals surface area contributed by atoms with Gasteiger partial charge in [-0.1, -0.05) is 36.4 Å². The Balaban J connectivity index is 2.23. The summed E-state index contributed by atoms with van der Waals surface area (Å²) in [5, 5.41) is 0. The third-order valence-electron chi connectivity index (χ3n) is 3.87. The molecular weight excluding hydrogens is 361 g/mol. The molecule has 2 aromatic carbocycles. The number of halogens is 3. The lowest BCUT2D eigenvalue weighted by Crippen LogP contribution is -2.29. The van der Waals surface area contributed by atoms with Gasteiger partial charge in [-0.05, 0) is 30.2 Å². The number of hydrogen-bond donors (Lipinski definition) is 0. The smallest absolute Gasteiger partial charge is 0.416 e. The van der Waals surface area contributed by atoms with Crippen LogP contribution in [0.4, 0.5) is 13.2 Å². The van der Waals surface area contributed by atoms with Crippen molar-refractivity contribution in [2.75, 3.05) is 13.7 Å². The van der Waals surface area contributed by atoms with E-state index in [0.717, 1.165) is 11.6 Å². The first kappa shape index (κ1) is 20.8. The predicted octanol–water partition coefficient (Wildman–Crippen LogP) is 4.41. The molecule has 7 heteroatoms. The zero-order chi connectivity index (χ0) is 19.9. The van der Waals surface area contributed by atoms with Crippen LogP contribution in [0.5, 0.6) is 5.75 Å². The standard InChI is InChI=1S/C20H21F3O4/c1-3-26-18(19(24)25-2)11-15-9-10-16(12-17(15)20(21,22)23)27-13-14-7-5-4-6-8-14/h4-10,12,18H,3,11,13H2,1-2H3. The van der Waals surface area contributed by atoms with E-state index in [2.05, 4.69) is 4.74 Å². The molecule has 0 saturated carbocycles. The molecule has 0 spiro atoms. The Bertz CT molecular complexity index is 745. The van der Waals surface area contributed by atoms with Gasteiger partial charge in [-0.2, -0.15) is 13.2 Å². The van der Waals surface area contributed by atoms with Crippen molar-refractivity contribution in [3.8, 4) is 5.75 Å². The average Bonchev–Trinajstić information content (AvgIpc) is 2.66. The number of carbonyl (C=O) groups excluding carboxylic acids is 1. The molecule has 0 heterocycles. The van der Waals surface area contributed by atoms with Gasteiger partial charge in [0.2, 0.25) is 0 Å². The van der Waals surface area contributed by atoms with Crippen LogP contribution >= 0.6 is 0 Å². The zero-order valence-electron chi connectivity index (χ0n) is 15.1. The molecular formula is C20H21F3O4. The summed E-state index contributed by atoms with van der Waals surface area (Å²) < 4.78 is 55.8. The maximum Gasteiger partial charge on any atom is 0.416 e. The number of benzene rings is 2. The van der Waals surface area contributed by atoms with Crippen molar-refractivity contribution in [1.82, 2.24) is 0 Å². The van der Waals surface area contributed by atoms with E-state index in [1.165, 1.54) is 19.2 Å². The maximum atomic E-state index is 13.5. The molecule has 2 rings (SSSR count). The molecule has 0 radical (unpaired) electrons. The van der Waals surface area contributed by atoms with Crippen molar-refractivity contribution in [2.24, 2.45) is 0 Å². The van der Waals surface area contributed by atoms with Gasteiger partial charge in [-0.25, -0.2) is 4.79 Å². The maximum absolute atomic E-state index is 13.5. The Hall–Kier alpha value is -2.54. The van der Waals surface area contributed by atoms with E-state index in [-0.39, 0.29) is 30.9 Å². The second kappa shape index (κ2) is 9.41. The molecule has 0 aliphatic heterocycles. The second-order valence-electron chi connectivity index (χ2n) is 5.76. The van der Waals surface area contributed by atoms with Crippen LogP contribution < -0.4 is 4.74 Å². The number of hydrogen-bond acceptors (Lipinski definition) is 4. The molecule has 0 aromatic heterocycles. The van der Waals surface area contributed by atoms with Crippen molar-refractivity contribution in [3.63, 3.8) is 0 Å². The first-order valence-corrected chi connectivity index (χ1v) is 8.41. The summed E-state index contributed by atoms with van der Waals surface area (Å²) in [7, 11) is 1.17. The minimum atomic E-state index is -4.59. The van der Waals surface area contributed by atoms with Crippen LogP contribution in [0.3, 0.4) is 0 Å². The molecule has 0 fully saturated rings. The average molecular weight is 382 g/mol. The highest BCUT2D eigenvalue weighted by molar-refractivity contribution is 5.75. The topological polar surface area (TPSA) is 44.8 Å². The summed E-state index contributed by atoms with van der Waals surface area (Å²) in [4.78, 5) is 11.7. The first-order valence-electron chi connectivity index (χ1n) is 8.41. The number of methoxy groups -OCH3 is 1. The lowest BCUT2D eigenvalue weighted by molar-refractivity contribution is -0.154. The van der Waals surface area contributed by atoms with Gasteiger partial charge in [-0.3, -0.25) is 0 Å². The molecule has 146 valence electrons. The summed E-state index contributed by atoms with van der Waals surface area (Å²) in [5.74, 6) is -0.615. The Kier molecular flexibility index (Phi) is 7.24. The molecule has 1 atom stereocenters. The number of ether oxygens (including phenoxy) is 3. The van der Waals surface area contributed by atoms with Crippen LogP contribution in [-0.2, 0) is 33.5 Å². The zero-order valence-corrected chi connectivity index (χ0v) is 15.1. The number of rotatable bonds is 8. The molecule has 0 saturated heterocycles. The quantitative estimate of drug-likeness (QED) is 0.635. The molecule has 0 bridgehead atoms. The van der Waals surface area contributed by atoms with Gasteiger partial charge in [0.1, 0.15) is 12.4 Å². The fourth-order valence-electron chi connectivity index (χ4n) is 2.57. The van der Waals surface area contributed by atoms with Crippen LogP contribution in [0.25, 0.3) is 0 Å². The molecule has 27 heavy (non-hydrogen) atoms. The summed E-state index contributed by atoms with van der Waals surface area (Å²) in [6.07, 6.45) is -5.93. The molecule has 2 aromatic rings. The van der Waals surface area contributed by atoms with Gasteiger partial charge in [0.25, 0.3) is 0 Å². The highest BCUT2D eigenvalue weighted by Gasteiger charge is 2.35. The number of esters is 1. The van der Waals surface area contributed by atoms with Gasteiger partial charge < -0.3 is 14.2 Å². The largest absolute Gasteiger partial charge is 0.489 e. The van der Waals surface area contributed by atoms with Gasteiger partial charge in [0, 0.05) is 13.0 Å². The van der Waals surface area contributed by atoms with Gasteiger partial charge >= 0.3 is 12.1 Å². The van der Waals surface area contributed by atoms with Crippen LogP contribution in [0.2, 0.25) is 0 Å². The molecule has 0 amide bonds. The second-order valence-corrected chi connectivity index (χ2v) is 5.76. The fraction of sp³-hybridized carbons (Fsp3) is 0.350. The van der Waals surface area contributed by atoms with Crippen LogP contribution in [-0.4, -0.2) is 25.8 Å². The molecule has 4 nitrogen and oxygen atoms in total. The van der Waals surface area contributed by atoms with Crippen molar-refractivity contribution in [1.29, 1.82) is 0 Å². The highest BCUT2D eigenvalue weighted by Crippen LogP contribution is 2.35. The van der Waals surface area contributed by atoms with Gasteiger partial charge in [0.05, 0.1) is 12.7 Å². The van der Waals surface area contributed by atoms with Crippen molar-refractivity contribution < 1.29 is 32.2 Å². The third-order valence-corrected chi connectivity index (χ3v) is 3.87. The minimum Gasteiger partial charge on any atom is -0.489 e. The van der Waals surface area contributed by atoms with E-state index in [1.807, 2.05) is 30.3 Å². The van der Waals surface area contributed by atoms with E-state index in [9.17, 15) is 18.0 Å². The highest BCUT2D eigenvalue weighted by atomic mass is 19.4. The molecule has 1 unspecified atom stereocenters. The Morgan fingerprint density at radius 1 is 1.11 bits per heavy atom. The lowest BCUT2D eigenvalue weighted by atomic mass is 10.0. The van der Waals surface area contributed by atoms with Crippen LogP contribution in [0.15, 0.2) is 48.5 Å². The summed E-state index contributed by atoms with van der Waals surface area (Å²) in [6.45, 7) is 1.99. The number of alkyl halides is 3. The molecule has 0 aliphatic carbocycles.